The standard InChI is InChI=1S/C12H16N2O2S/c1-8(15)9-6-11(17-7-9)12(16)14-10-2-4-13-5-3-10/h6-7,10,13H,2-5H2,1H3,(H,14,16). The topological polar surface area (TPSA) is 58.2 Å². The minimum absolute atomic E-state index is 0.00201. The molecule has 0 unspecified atom stereocenters. The van der Waals surface area contributed by atoms with Crippen LogP contribution in [0.2, 0.25) is 0 Å². The van der Waals surface area contributed by atoms with Crippen LogP contribution in [0, 0.1) is 0 Å². The molecule has 92 valence electrons. The Kier molecular flexibility index (Phi) is 3.91. The molecule has 1 aliphatic heterocycles. The molecule has 0 aliphatic carbocycles. The van der Waals surface area contributed by atoms with Crippen molar-refractivity contribution in [3.05, 3.63) is 21.9 Å². The Morgan fingerprint density at radius 2 is 2.12 bits per heavy atom. The second kappa shape index (κ2) is 5.42. The van der Waals surface area contributed by atoms with Crippen molar-refractivity contribution in [2.75, 3.05) is 13.1 Å². The Bertz CT molecular complexity index is 422. The van der Waals surface area contributed by atoms with E-state index in [-0.39, 0.29) is 17.7 Å². The van der Waals surface area contributed by atoms with E-state index in [0.29, 0.717) is 10.4 Å². The highest BCUT2D eigenvalue weighted by molar-refractivity contribution is 7.12. The fourth-order valence-electron chi connectivity index (χ4n) is 1.86. The maximum atomic E-state index is 11.9. The lowest BCUT2D eigenvalue weighted by Crippen LogP contribution is -2.42. The molecule has 2 N–H and O–H groups in total. The number of rotatable bonds is 3. The van der Waals surface area contributed by atoms with E-state index in [1.807, 2.05) is 0 Å². The van der Waals surface area contributed by atoms with Gasteiger partial charge in [0.25, 0.3) is 5.91 Å². The molecule has 1 fully saturated rings. The highest BCUT2D eigenvalue weighted by Gasteiger charge is 2.17. The minimum Gasteiger partial charge on any atom is -0.349 e. The van der Waals surface area contributed by atoms with Crippen LogP contribution in [-0.2, 0) is 0 Å². The summed E-state index contributed by atoms with van der Waals surface area (Å²) in [6, 6.07) is 1.93. The van der Waals surface area contributed by atoms with Gasteiger partial charge < -0.3 is 10.6 Å². The van der Waals surface area contributed by atoms with Crippen molar-refractivity contribution in [1.29, 1.82) is 0 Å². The average molecular weight is 252 g/mol. The van der Waals surface area contributed by atoms with Gasteiger partial charge in [-0.15, -0.1) is 11.3 Å². The Morgan fingerprint density at radius 3 is 2.71 bits per heavy atom. The van der Waals surface area contributed by atoms with Gasteiger partial charge in [-0.1, -0.05) is 0 Å². The van der Waals surface area contributed by atoms with E-state index >= 15 is 0 Å². The Morgan fingerprint density at radius 1 is 1.41 bits per heavy atom. The fraction of sp³-hybridized carbons (Fsp3) is 0.500. The zero-order chi connectivity index (χ0) is 12.3. The van der Waals surface area contributed by atoms with Crippen molar-refractivity contribution in [3.8, 4) is 0 Å². The largest absolute Gasteiger partial charge is 0.349 e. The first-order valence-corrected chi connectivity index (χ1v) is 6.66. The van der Waals surface area contributed by atoms with Gasteiger partial charge in [-0.3, -0.25) is 9.59 Å². The molecular weight excluding hydrogens is 236 g/mol. The second-order valence-corrected chi connectivity index (χ2v) is 5.16. The molecule has 0 spiro atoms. The van der Waals surface area contributed by atoms with Crippen LogP contribution >= 0.6 is 11.3 Å². The van der Waals surface area contributed by atoms with Crippen LogP contribution in [0.3, 0.4) is 0 Å². The molecule has 1 aromatic heterocycles. The third kappa shape index (κ3) is 3.14. The number of ketones is 1. The number of thiophene rings is 1. The van der Waals surface area contributed by atoms with E-state index in [4.69, 9.17) is 0 Å². The molecule has 0 radical (unpaired) electrons. The molecule has 1 amide bonds. The number of Topliss-reactive ketones (excluding diaryl/α,β-unsaturated/α-hetero) is 1. The van der Waals surface area contributed by atoms with E-state index in [2.05, 4.69) is 10.6 Å². The lowest BCUT2D eigenvalue weighted by molar-refractivity contribution is 0.0933. The summed E-state index contributed by atoms with van der Waals surface area (Å²) < 4.78 is 0. The highest BCUT2D eigenvalue weighted by atomic mass is 32.1. The van der Waals surface area contributed by atoms with Crippen LogP contribution in [0.5, 0.6) is 0 Å². The average Bonchev–Trinajstić information content (AvgIpc) is 2.79. The summed E-state index contributed by atoms with van der Waals surface area (Å²) in [5.74, 6) is -0.0587. The molecular formula is C12H16N2O2S. The molecule has 2 heterocycles. The number of amides is 1. The molecule has 5 heteroatoms. The van der Waals surface area contributed by atoms with Gasteiger partial charge in [-0.25, -0.2) is 0 Å². The summed E-state index contributed by atoms with van der Waals surface area (Å²) in [7, 11) is 0. The maximum Gasteiger partial charge on any atom is 0.261 e. The van der Waals surface area contributed by atoms with E-state index < -0.39 is 0 Å². The smallest absolute Gasteiger partial charge is 0.261 e. The predicted molar refractivity (Wildman–Crippen MR) is 67.7 cm³/mol. The number of carbonyl (C=O) groups is 2. The molecule has 1 saturated heterocycles. The molecule has 0 bridgehead atoms. The SMILES string of the molecule is CC(=O)c1csc(C(=O)NC2CCNCC2)c1. The molecule has 1 aliphatic rings. The van der Waals surface area contributed by atoms with Crippen molar-refractivity contribution in [2.24, 2.45) is 0 Å². The number of nitrogens with one attached hydrogen (secondary N) is 2. The summed E-state index contributed by atoms with van der Waals surface area (Å²) >= 11 is 1.33. The van der Waals surface area contributed by atoms with Crippen LogP contribution in [0.1, 0.15) is 39.8 Å². The quantitative estimate of drug-likeness (QED) is 0.800. The second-order valence-electron chi connectivity index (χ2n) is 4.25. The summed E-state index contributed by atoms with van der Waals surface area (Å²) in [6.07, 6.45) is 1.94. The lowest BCUT2D eigenvalue weighted by atomic mass is 10.1. The first-order chi connectivity index (χ1) is 8.16. The lowest BCUT2D eigenvalue weighted by Gasteiger charge is -2.23. The van der Waals surface area contributed by atoms with Crippen molar-refractivity contribution in [1.82, 2.24) is 10.6 Å². The highest BCUT2D eigenvalue weighted by Crippen LogP contribution is 2.16. The molecule has 17 heavy (non-hydrogen) atoms. The molecule has 1 aromatic rings. The van der Waals surface area contributed by atoms with Crippen LogP contribution in [-0.4, -0.2) is 30.8 Å². The fourth-order valence-corrected chi connectivity index (χ4v) is 2.71. The van der Waals surface area contributed by atoms with Crippen molar-refractivity contribution < 1.29 is 9.59 Å². The van der Waals surface area contributed by atoms with Gasteiger partial charge in [0.15, 0.2) is 5.78 Å². The molecule has 0 saturated carbocycles. The van der Waals surface area contributed by atoms with Gasteiger partial charge in [0.2, 0.25) is 0 Å². The summed E-state index contributed by atoms with van der Waals surface area (Å²) in [5, 5.41) is 8.00. The van der Waals surface area contributed by atoms with E-state index in [0.717, 1.165) is 25.9 Å². The first kappa shape index (κ1) is 12.3. The van der Waals surface area contributed by atoms with E-state index in [1.54, 1.807) is 11.4 Å². The van der Waals surface area contributed by atoms with Gasteiger partial charge in [-0.2, -0.15) is 0 Å². The Labute approximate surface area is 104 Å². The van der Waals surface area contributed by atoms with Gasteiger partial charge in [0.1, 0.15) is 0 Å². The number of piperidine rings is 1. The summed E-state index contributed by atoms with van der Waals surface area (Å²) in [4.78, 5) is 23.7. The zero-order valence-corrected chi connectivity index (χ0v) is 10.6. The van der Waals surface area contributed by atoms with Crippen molar-refractivity contribution in [2.45, 2.75) is 25.8 Å². The van der Waals surface area contributed by atoms with Crippen molar-refractivity contribution >= 4 is 23.0 Å². The third-order valence-electron chi connectivity index (χ3n) is 2.90. The summed E-state index contributed by atoms with van der Waals surface area (Å²) in [6.45, 7) is 3.42. The van der Waals surface area contributed by atoms with E-state index in [9.17, 15) is 9.59 Å². The Hall–Kier alpha value is -1.20. The van der Waals surface area contributed by atoms with Crippen LogP contribution in [0.15, 0.2) is 11.4 Å². The van der Waals surface area contributed by atoms with Crippen molar-refractivity contribution in [3.63, 3.8) is 0 Å². The number of hydrogen-bond donors (Lipinski definition) is 2. The summed E-state index contributed by atoms with van der Waals surface area (Å²) in [5.41, 5.74) is 0.616. The van der Waals surface area contributed by atoms with Gasteiger partial charge >= 0.3 is 0 Å². The molecule has 0 aromatic carbocycles. The van der Waals surface area contributed by atoms with Crippen LogP contribution in [0.25, 0.3) is 0 Å². The normalized spacial score (nSPS) is 16.8. The minimum atomic E-state index is -0.0607. The van der Waals surface area contributed by atoms with Gasteiger partial charge in [0.05, 0.1) is 4.88 Å². The first-order valence-electron chi connectivity index (χ1n) is 5.78. The van der Waals surface area contributed by atoms with Crippen LogP contribution in [0.4, 0.5) is 0 Å². The third-order valence-corrected chi connectivity index (χ3v) is 3.83. The predicted octanol–water partition coefficient (Wildman–Crippen LogP) is 1.43. The number of carbonyl (C=O) groups excluding carboxylic acids is 2. The number of hydrogen-bond acceptors (Lipinski definition) is 4. The molecule has 2 rings (SSSR count). The maximum absolute atomic E-state index is 11.9. The van der Waals surface area contributed by atoms with Gasteiger partial charge in [0, 0.05) is 17.0 Å². The Balaban J connectivity index is 1.96. The molecule has 0 atom stereocenters. The van der Waals surface area contributed by atoms with Crippen LogP contribution < -0.4 is 10.6 Å². The monoisotopic (exact) mass is 252 g/mol. The molecule has 4 nitrogen and oxygen atoms in total. The van der Waals surface area contributed by atoms with E-state index in [1.165, 1.54) is 18.3 Å². The zero-order valence-electron chi connectivity index (χ0n) is 9.79. The van der Waals surface area contributed by atoms with Gasteiger partial charge in [-0.05, 0) is 38.9 Å².